The molecule has 0 unspecified atom stereocenters. The summed E-state index contributed by atoms with van der Waals surface area (Å²) in [5, 5.41) is 5.52. The van der Waals surface area contributed by atoms with E-state index in [0.29, 0.717) is 11.3 Å². The van der Waals surface area contributed by atoms with Gasteiger partial charge in [-0.05, 0) is 29.3 Å². The van der Waals surface area contributed by atoms with Crippen LogP contribution in [0.5, 0.6) is 0 Å². The van der Waals surface area contributed by atoms with Crippen molar-refractivity contribution in [2.75, 3.05) is 12.4 Å². The van der Waals surface area contributed by atoms with Crippen molar-refractivity contribution in [3.63, 3.8) is 0 Å². The van der Waals surface area contributed by atoms with Gasteiger partial charge in [-0.15, -0.1) is 0 Å². The number of amides is 2. The van der Waals surface area contributed by atoms with E-state index in [2.05, 4.69) is 10.6 Å². The topological polar surface area (TPSA) is 58.2 Å². The predicted molar refractivity (Wildman–Crippen MR) is 103 cm³/mol. The first kappa shape index (κ1) is 17.4. The summed E-state index contributed by atoms with van der Waals surface area (Å²) >= 11 is 0. The SMILES string of the molecule is CNC(=O)c1cccc(NC(=O)C(c2ccccc2)c2ccccc2)c1. The molecule has 0 saturated heterocycles. The number of anilines is 1. The van der Waals surface area contributed by atoms with E-state index in [1.165, 1.54) is 0 Å². The highest BCUT2D eigenvalue weighted by Crippen LogP contribution is 2.26. The van der Waals surface area contributed by atoms with E-state index in [1.54, 1.807) is 31.3 Å². The summed E-state index contributed by atoms with van der Waals surface area (Å²) in [6.45, 7) is 0. The maximum absolute atomic E-state index is 13.1. The molecule has 26 heavy (non-hydrogen) atoms. The van der Waals surface area contributed by atoms with E-state index >= 15 is 0 Å². The van der Waals surface area contributed by atoms with Crippen LogP contribution in [0.25, 0.3) is 0 Å². The van der Waals surface area contributed by atoms with Gasteiger partial charge in [0.15, 0.2) is 0 Å². The summed E-state index contributed by atoms with van der Waals surface area (Å²) in [5.41, 5.74) is 2.92. The Morgan fingerprint density at radius 3 is 1.88 bits per heavy atom. The minimum Gasteiger partial charge on any atom is -0.355 e. The molecule has 2 amide bonds. The molecule has 0 fully saturated rings. The van der Waals surface area contributed by atoms with Crippen LogP contribution in [0.2, 0.25) is 0 Å². The fourth-order valence-electron chi connectivity index (χ4n) is 2.88. The molecule has 4 heteroatoms. The standard InChI is InChI=1S/C22H20N2O2/c1-23-21(25)18-13-8-14-19(15-18)24-22(26)20(16-9-4-2-5-10-16)17-11-6-3-7-12-17/h2-15,20H,1H3,(H,23,25)(H,24,26). The van der Waals surface area contributed by atoms with Crippen LogP contribution in [0.4, 0.5) is 5.69 Å². The molecule has 0 aliphatic carbocycles. The third kappa shape index (κ3) is 3.98. The molecular weight excluding hydrogens is 324 g/mol. The zero-order valence-corrected chi connectivity index (χ0v) is 14.5. The zero-order chi connectivity index (χ0) is 18.4. The Hall–Kier alpha value is -3.40. The van der Waals surface area contributed by atoms with Crippen LogP contribution >= 0.6 is 0 Å². The highest BCUT2D eigenvalue weighted by Gasteiger charge is 2.22. The first-order valence-electron chi connectivity index (χ1n) is 8.42. The Labute approximate surface area is 152 Å². The van der Waals surface area contributed by atoms with E-state index < -0.39 is 5.92 Å². The van der Waals surface area contributed by atoms with Crippen molar-refractivity contribution >= 4 is 17.5 Å². The number of nitrogens with one attached hydrogen (secondary N) is 2. The van der Waals surface area contributed by atoms with E-state index in [-0.39, 0.29) is 11.8 Å². The monoisotopic (exact) mass is 344 g/mol. The summed E-state index contributed by atoms with van der Waals surface area (Å²) in [4.78, 5) is 24.9. The van der Waals surface area contributed by atoms with E-state index in [9.17, 15) is 9.59 Å². The number of carbonyl (C=O) groups excluding carboxylic acids is 2. The molecule has 0 aromatic heterocycles. The van der Waals surface area contributed by atoms with Gasteiger partial charge in [0.2, 0.25) is 5.91 Å². The van der Waals surface area contributed by atoms with Crippen molar-refractivity contribution in [1.82, 2.24) is 5.32 Å². The maximum Gasteiger partial charge on any atom is 0.251 e. The van der Waals surface area contributed by atoms with Gasteiger partial charge < -0.3 is 10.6 Å². The third-order valence-corrected chi connectivity index (χ3v) is 4.15. The second-order valence-corrected chi connectivity index (χ2v) is 5.90. The molecule has 130 valence electrons. The highest BCUT2D eigenvalue weighted by molar-refractivity contribution is 6.00. The van der Waals surface area contributed by atoms with Crippen molar-refractivity contribution in [3.8, 4) is 0 Å². The number of benzene rings is 3. The van der Waals surface area contributed by atoms with Crippen molar-refractivity contribution in [3.05, 3.63) is 102 Å². The van der Waals surface area contributed by atoms with Crippen LogP contribution in [0.1, 0.15) is 27.4 Å². The average molecular weight is 344 g/mol. The molecule has 0 aliphatic rings. The van der Waals surface area contributed by atoms with Gasteiger partial charge in [-0.3, -0.25) is 9.59 Å². The fraction of sp³-hybridized carbons (Fsp3) is 0.0909. The maximum atomic E-state index is 13.1. The Morgan fingerprint density at radius 2 is 1.35 bits per heavy atom. The molecule has 4 nitrogen and oxygen atoms in total. The molecule has 3 aromatic carbocycles. The van der Waals surface area contributed by atoms with Gasteiger partial charge in [-0.2, -0.15) is 0 Å². The molecule has 3 aromatic rings. The van der Waals surface area contributed by atoms with Crippen LogP contribution in [0, 0.1) is 0 Å². The molecule has 0 heterocycles. The second kappa shape index (κ2) is 8.12. The Bertz CT molecular complexity index is 853. The predicted octanol–water partition coefficient (Wildman–Crippen LogP) is 3.82. The van der Waals surface area contributed by atoms with Gasteiger partial charge >= 0.3 is 0 Å². The first-order valence-corrected chi connectivity index (χ1v) is 8.42. The number of carbonyl (C=O) groups is 2. The lowest BCUT2D eigenvalue weighted by Gasteiger charge is -2.18. The van der Waals surface area contributed by atoms with Crippen LogP contribution in [-0.4, -0.2) is 18.9 Å². The minimum atomic E-state index is -0.430. The van der Waals surface area contributed by atoms with Crippen molar-refractivity contribution in [2.24, 2.45) is 0 Å². The first-order chi connectivity index (χ1) is 12.7. The molecular formula is C22H20N2O2. The molecule has 0 aliphatic heterocycles. The van der Waals surface area contributed by atoms with Crippen molar-refractivity contribution in [1.29, 1.82) is 0 Å². The highest BCUT2D eigenvalue weighted by atomic mass is 16.2. The van der Waals surface area contributed by atoms with Crippen molar-refractivity contribution in [2.45, 2.75) is 5.92 Å². The molecule has 0 bridgehead atoms. The summed E-state index contributed by atoms with van der Waals surface area (Å²) in [7, 11) is 1.58. The number of rotatable bonds is 5. The van der Waals surface area contributed by atoms with Crippen LogP contribution in [0.3, 0.4) is 0 Å². The van der Waals surface area contributed by atoms with Gasteiger partial charge in [0.05, 0.1) is 5.92 Å². The fourth-order valence-corrected chi connectivity index (χ4v) is 2.88. The summed E-state index contributed by atoms with van der Waals surface area (Å²) in [5.74, 6) is -0.763. The summed E-state index contributed by atoms with van der Waals surface area (Å²) in [6, 6.07) is 26.2. The third-order valence-electron chi connectivity index (χ3n) is 4.15. The normalized spacial score (nSPS) is 10.4. The molecule has 0 radical (unpaired) electrons. The van der Waals surface area contributed by atoms with Crippen LogP contribution in [0.15, 0.2) is 84.9 Å². The largest absolute Gasteiger partial charge is 0.355 e. The van der Waals surface area contributed by atoms with E-state index in [0.717, 1.165) is 11.1 Å². The zero-order valence-electron chi connectivity index (χ0n) is 14.5. The molecule has 3 rings (SSSR count). The van der Waals surface area contributed by atoms with E-state index in [1.807, 2.05) is 60.7 Å². The quantitative estimate of drug-likeness (QED) is 0.739. The molecule has 2 N–H and O–H groups in total. The van der Waals surface area contributed by atoms with Gasteiger partial charge in [0.1, 0.15) is 0 Å². The minimum absolute atomic E-state index is 0.142. The number of hydrogen-bond donors (Lipinski definition) is 2. The summed E-state index contributed by atoms with van der Waals surface area (Å²) < 4.78 is 0. The van der Waals surface area contributed by atoms with Gasteiger partial charge in [-0.1, -0.05) is 66.7 Å². The molecule has 0 atom stereocenters. The van der Waals surface area contributed by atoms with E-state index in [4.69, 9.17) is 0 Å². The lowest BCUT2D eigenvalue weighted by Crippen LogP contribution is -2.23. The number of hydrogen-bond acceptors (Lipinski definition) is 2. The van der Waals surface area contributed by atoms with Gasteiger partial charge in [-0.25, -0.2) is 0 Å². The van der Waals surface area contributed by atoms with Gasteiger partial charge in [0.25, 0.3) is 5.91 Å². The average Bonchev–Trinajstić information content (AvgIpc) is 2.69. The Balaban J connectivity index is 1.91. The lowest BCUT2D eigenvalue weighted by atomic mass is 9.90. The van der Waals surface area contributed by atoms with Crippen LogP contribution in [-0.2, 0) is 4.79 Å². The molecule has 0 saturated carbocycles. The van der Waals surface area contributed by atoms with Gasteiger partial charge in [0, 0.05) is 18.3 Å². The Morgan fingerprint density at radius 1 is 0.769 bits per heavy atom. The lowest BCUT2D eigenvalue weighted by molar-refractivity contribution is -0.116. The van der Waals surface area contributed by atoms with Crippen LogP contribution < -0.4 is 10.6 Å². The second-order valence-electron chi connectivity index (χ2n) is 5.90. The van der Waals surface area contributed by atoms with Crippen molar-refractivity contribution < 1.29 is 9.59 Å². The smallest absolute Gasteiger partial charge is 0.251 e. The Kier molecular flexibility index (Phi) is 5.44. The summed E-state index contributed by atoms with van der Waals surface area (Å²) in [6.07, 6.45) is 0. The molecule has 0 spiro atoms.